The first kappa shape index (κ1) is 17.4. The maximum atomic E-state index is 5.57. The lowest BCUT2D eigenvalue weighted by Crippen LogP contribution is -2.09. The molecule has 30 heavy (non-hydrogen) atoms. The molecule has 0 bridgehead atoms. The second-order valence-corrected chi connectivity index (χ2v) is 7.77. The van der Waals surface area contributed by atoms with Crippen LogP contribution < -0.4 is 4.74 Å². The number of imidazole rings is 1. The van der Waals surface area contributed by atoms with Gasteiger partial charge in [-0.05, 0) is 31.0 Å². The average molecular weight is 404 g/mol. The Balaban J connectivity index is 1.53. The van der Waals surface area contributed by atoms with Crippen LogP contribution in [0, 0.1) is 0 Å². The molecule has 0 amide bonds. The lowest BCUT2D eigenvalue weighted by Gasteiger charge is -2.11. The first-order valence-electron chi connectivity index (χ1n) is 9.79. The molecule has 4 heterocycles. The number of hydrogen-bond acceptors (Lipinski definition) is 7. The zero-order valence-electron chi connectivity index (χ0n) is 16.9. The average Bonchev–Trinajstić information content (AvgIpc) is 3.08. The summed E-state index contributed by atoms with van der Waals surface area (Å²) in [5, 5.41) is 8.92. The van der Waals surface area contributed by atoms with Crippen LogP contribution in [0.1, 0.15) is 30.0 Å². The molecule has 1 fully saturated rings. The third-order valence-corrected chi connectivity index (χ3v) is 5.97. The predicted molar refractivity (Wildman–Crippen MR) is 106 cm³/mol. The van der Waals surface area contributed by atoms with E-state index in [-0.39, 0.29) is 0 Å². The molecule has 9 heteroatoms. The van der Waals surface area contributed by atoms with Gasteiger partial charge in [-0.25, -0.2) is 4.98 Å². The molecule has 0 N–H and O–H groups in total. The fraction of sp³-hybridized carbons (Fsp3) is 0.333. The van der Waals surface area contributed by atoms with Gasteiger partial charge in [0, 0.05) is 37.9 Å². The molecular weight excluding hydrogens is 384 g/mol. The summed E-state index contributed by atoms with van der Waals surface area (Å²) in [7, 11) is 5.27. The van der Waals surface area contributed by atoms with E-state index < -0.39 is 5.60 Å². The second kappa shape index (κ2) is 6.02. The minimum absolute atomic E-state index is 0.429. The highest BCUT2D eigenvalue weighted by atomic mass is 16.5. The highest BCUT2D eigenvalue weighted by Crippen LogP contribution is 2.48. The topological polar surface area (TPSA) is 93.0 Å². The van der Waals surface area contributed by atoms with E-state index in [0.717, 1.165) is 46.8 Å². The number of rotatable bonds is 4. The maximum absolute atomic E-state index is 5.57. The highest BCUT2D eigenvalue weighted by Gasteiger charge is 2.50. The molecule has 1 aliphatic carbocycles. The van der Waals surface area contributed by atoms with Gasteiger partial charge in [0.2, 0.25) is 5.82 Å². The summed E-state index contributed by atoms with van der Waals surface area (Å²) in [6, 6.07) is 5.98. The molecule has 1 aromatic carbocycles. The van der Waals surface area contributed by atoms with Crippen molar-refractivity contribution in [2.45, 2.75) is 24.9 Å². The molecule has 2 aliphatic rings. The Labute approximate surface area is 172 Å². The first-order valence-corrected chi connectivity index (χ1v) is 9.79. The summed E-state index contributed by atoms with van der Waals surface area (Å²) in [5.41, 5.74) is 5.29. The van der Waals surface area contributed by atoms with Crippen LogP contribution in [0.3, 0.4) is 0 Å². The van der Waals surface area contributed by atoms with E-state index in [1.54, 1.807) is 20.5 Å². The Bertz CT molecular complexity index is 1280. The largest absolute Gasteiger partial charge is 0.497 e. The molecule has 0 unspecified atom stereocenters. The summed E-state index contributed by atoms with van der Waals surface area (Å²) in [4.78, 5) is 9.27. The zero-order chi connectivity index (χ0) is 20.5. The van der Waals surface area contributed by atoms with Gasteiger partial charge >= 0.3 is 0 Å². The Morgan fingerprint density at radius 3 is 2.80 bits per heavy atom. The molecule has 1 aliphatic heterocycles. The third kappa shape index (κ3) is 2.38. The van der Waals surface area contributed by atoms with Crippen LogP contribution in [0.4, 0.5) is 0 Å². The molecule has 0 saturated heterocycles. The number of aryl methyl sites for hydroxylation is 1. The van der Waals surface area contributed by atoms with Gasteiger partial charge in [0.15, 0.2) is 0 Å². The monoisotopic (exact) mass is 404 g/mol. The molecule has 152 valence electrons. The quantitative estimate of drug-likeness (QED) is 0.455. The minimum atomic E-state index is -0.429. The second-order valence-electron chi connectivity index (χ2n) is 7.77. The SMILES string of the molecule is COc1ccc2c(c1)-c1nn(C)cc1Cc1c(-c3noc(C4(OC)CC4)n3)ncn1-2. The molecule has 0 atom stereocenters. The number of hydrogen-bond donors (Lipinski definition) is 0. The normalized spacial score (nSPS) is 15.8. The molecule has 9 nitrogen and oxygen atoms in total. The van der Waals surface area contributed by atoms with E-state index in [1.165, 1.54) is 0 Å². The lowest BCUT2D eigenvalue weighted by molar-refractivity contribution is 0.0492. The summed E-state index contributed by atoms with van der Waals surface area (Å²) in [6.45, 7) is 0. The van der Waals surface area contributed by atoms with Crippen LogP contribution in [0.25, 0.3) is 28.5 Å². The number of aromatic nitrogens is 6. The molecule has 4 aromatic rings. The number of fused-ring (bicyclic) bond motifs is 5. The van der Waals surface area contributed by atoms with Crippen LogP contribution >= 0.6 is 0 Å². The highest BCUT2D eigenvalue weighted by molar-refractivity contribution is 5.77. The number of nitrogens with zero attached hydrogens (tertiary/aromatic N) is 6. The maximum Gasteiger partial charge on any atom is 0.259 e. The number of benzene rings is 1. The Kier molecular flexibility index (Phi) is 3.49. The standard InChI is InChI=1S/C21H20N6O3/c1-26-10-12-8-16-18(19-23-20(30-25-19)21(29-3)6-7-21)22-11-27(16)15-5-4-13(28-2)9-14(15)17(12)24-26/h4-5,9-11H,6-8H2,1-3H3. The Morgan fingerprint density at radius 1 is 1.17 bits per heavy atom. The van der Waals surface area contributed by atoms with Gasteiger partial charge < -0.3 is 18.6 Å². The smallest absolute Gasteiger partial charge is 0.259 e. The predicted octanol–water partition coefficient (Wildman–Crippen LogP) is 2.87. The molecule has 0 spiro atoms. The van der Waals surface area contributed by atoms with Crippen molar-refractivity contribution < 1.29 is 14.0 Å². The van der Waals surface area contributed by atoms with Gasteiger partial charge in [0.1, 0.15) is 23.4 Å². The van der Waals surface area contributed by atoms with E-state index in [1.807, 2.05) is 36.1 Å². The Hall–Kier alpha value is -3.46. The van der Waals surface area contributed by atoms with Crippen molar-refractivity contribution in [1.29, 1.82) is 0 Å². The first-order chi connectivity index (χ1) is 14.6. The van der Waals surface area contributed by atoms with Crippen molar-refractivity contribution in [2.24, 2.45) is 7.05 Å². The number of methoxy groups -OCH3 is 2. The number of ether oxygens (including phenoxy) is 2. The van der Waals surface area contributed by atoms with Crippen LogP contribution in [0.5, 0.6) is 5.75 Å². The minimum Gasteiger partial charge on any atom is -0.497 e. The van der Waals surface area contributed by atoms with Gasteiger partial charge in [-0.1, -0.05) is 5.16 Å². The van der Waals surface area contributed by atoms with Crippen molar-refractivity contribution in [1.82, 2.24) is 29.5 Å². The van der Waals surface area contributed by atoms with Gasteiger partial charge in [-0.3, -0.25) is 4.68 Å². The molecule has 0 radical (unpaired) electrons. The van der Waals surface area contributed by atoms with E-state index >= 15 is 0 Å². The summed E-state index contributed by atoms with van der Waals surface area (Å²) in [5.74, 6) is 1.78. The summed E-state index contributed by atoms with van der Waals surface area (Å²) >= 11 is 0. The molecular formula is C21H20N6O3. The molecule has 3 aromatic heterocycles. The summed E-state index contributed by atoms with van der Waals surface area (Å²) in [6.07, 6.45) is 6.27. The van der Waals surface area contributed by atoms with E-state index in [2.05, 4.69) is 19.7 Å². The van der Waals surface area contributed by atoms with Crippen molar-refractivity contribution >= 4 is 0 Å². The van der Waals surface area contributed by atoms with Crippen molar-refractivity contribution in [3.63, 3.8) is 0 Å². The molecule has 1 saturated carbocycles. The van der Waals surface area contributed by atoms with Gasteiger partial charge in [0.25, 0.3) is 5.89 Å². The van der Waals surface area contributed by atoms with Crippen molar-refractivity contribution in [3.05, 3.63) is 47.9 Å². The van der Waals surface area contributed by atoms with Crippen molar-refractivity contribution in [2.75, 3.05) is 14.2 Å². The van der Waals surface area contributed by atoms with Gasteiger partial charge in [0.05, 0.1) is 24.2 Å². The fourth-order valence-corrected chi connectivity index (χ4v) is 4.18. The van der Waals surface area contributed by atoms with Gasteiger partial charge in [-0.15, -0.1) is 0 Å². The van der Waals surface area contributed by atoms with E-state index in [0.29, 0.717) is 23.8 Å². The van der Waals surface area contributed by atoms with Gasteiger partial charge in [-0.2, -0.15) is 10.1 Å². The summed E-state index contributed by atoms with van der Waals surface area (Å²) < 4.78 is 20.5. The zero-order valence-corrected chi connectivity index (χ0v) is 16.9. The van der Waals surface area contributed by atoms with Crippen molar-refractivity contribution in [3.8, 4) is 34.2 Å². The fourth-order valence-electron chi connectivity index (χ4n) is 4.18. The molecule has 6 rings (SSSR count). The van der Waals surface area contributed by atoms with E-state index in [4.69, 9.17) is 19.1 Å². The van der Waals surface area contributed by atoms with Crippen LogP contribution in [-0.4, -0.2) is 43.7 Å². The van der Waals surface area contributed by atoms with Crippen LogP contribution in [0.15, 0.2) is 35.2 Å². The Morgan fingerprint density at radius 2 is 2.03 bits per heavy atom. The third-order valence-electron chi connectivity index (χ3n) is 5.97. The van der Waals surface area contributed by atoms with Crippen LogP contribution in [-0.2, 0) is 23.8 Å². The van der Waals surface area contributed by atoms with E-state index in [9.17, 15) is 0 Å². The van der Waals surface area contributed by atoms with Crippen LogP contribution in [0.2, 0.25) is 0 Å². The lowest BCUT2D eigenvalue weighted by atomic mass is 10.0.